The first kappa shape index (κ1) is 13.2. The summed E-state index contributed by atoms with van der Waals surface area (Å²) in [6.45, 7) is 6.26. The standard InChI is InChI=1S/C14H21N2O2/c1-15-6-8-16(9-7-15)10-11-18-14-5-3-4-13(12-14)17-2/h3,5,12H,6-11H2,1-2H3. The van der Waals surface area contributed by atoms with Gasteiger partial charge < -0.3 is 14.4 Å². The van der Waals surface area contributed by atoms with Crippen molar-refractivity contribution < 1.29 is 9.47 Å². The lowest BCUT2D eigenvalue weighted by atomic mass is 10.3. The summed E-state index contributed by atoms with van der Waals surface area (Å²) < 4.78 is 10.8. The van der Waals surface area contributed by atoms with E-state index in [2.05, 4.69) is 22.9 Å². The van der Waals surface area contributed by atoms with E-state index in [1.807, 2.05) is 18.2 Å². The lowest BCUT2D eigenvalue weighted by Crippen LogP contribution is -2.45. The minimum absolute atomic E-state index is 0.715. The summed E-state index contributed by atoms with van der Waals surface area (Å²) in [6.07, 6.45) is 0. The van der Waals surface area contributed by atoms with E-state index >= 15 is 0 Å². The fourth-order valence-corrected chi connectivity index (χ4v) is 2.00. The van der Waals surface area contributed by atoms with Gasteiger partial charge in [0.25, 0.3) is 0 Å². The molecular weight excluding hydrogens is 228 g/mol. The van der Waals surface area contributed by atoms with E-state index in [9.17, 15) is 0 Å². The van der Waals surface area contributed by atoms with Crippen LogP contribution in [0.2, 0.25) is 0 Å². The Morgan fingerprint density at radius 2 is 2.06 bits per heavy atom. The van der Waals surface area contributed by atoms with Crippen molar-refractivity contribution in [3.63, 3.8) is 0 Å². The van der Waals surface area contributed by atoms with Gasteiger partial charge in [0.1, 0.15) is 18.1 Å². The normalized spacial score (nSPS) is 17.7. The van der Waals surface area contributed by atoms with Crippen LogP contribution in [0.1, 0.15) is 0 Å². The molecule has 1 radical (unpaired) electrons. The van der Waals surface area contributed by atoms with E-state index < -0.39 is 0 Å². The van der Waals surface area contributed by atoms with Crippen LogP contribution in [0.5, 0.6) is 11.5 Å². The smallest absolute Gasteiger partial charge is 0.130 e. The highest BCUT2D eigenvalue weighted by atomic mass is 16.5. The van der Waals surface area contributed by atoms with Gasteiger partial charge in [-0.25, -0.2) is 0 Å². The number of rotatable bonds is 5. The highest BCUT2D eigenvalue weighted by molar-refractivity contribution is 5.31. The summed E-state index contributed by atoms with van der Waals surface area (Å²) in [5.41, 5.74) is 0. The molecule has 1 aliphatic rings. The number of methoxy groups -OCH3 is 1. The fraction of sp³-hybridized carbons (Fsp3) is 0.571. The first-order chi connectivity index (χ1) is 8.78. The Kier molecular flexibility index (Phi) is 4.84. The quantitative estimate of drug-likeness (QED) is 0.781. The van der Waals surface area contributed by atoms with Crippen LogP contribution in [0.15, 0.2) is 18.2 Å². The molecule has 1 fully saturated rings. The van der Waals surface area contributed by atoms with Gasteiger partial charge in [0.2, 0.25) is 0 Å². The van der Waals surface area contributed by atoms with Gasteiger partial charge in [-0.15, -0.1) is 0 Å². The zero-order valence-electron chi connectivity index (χ0n) is 11.2. The van der Waals surface area contributed by atoms with E-state index in [-0.39, 0.29) is 0 Å². The van der Waals surface area contributed by atoms with Crippen molar-refractivity contribution in [3.05, 3.63) is 24.3 Å². The van der Waals surface area contributed by atoms with Crippen LogP contribution in [0, 0.1) is 6.07 Å². The van der Waals surface area contributed by atoms with E-state index in [0.29, 0.717) is 5.75 Å². The predicted octanol–water partition coefficient (Wildman–Crippen LogP) is 1.12. The largest absolute Gasteiger partial charge is 0.496 e. The summed E-state index contributed by atoms with van der Waals surface area (Å²) in [6, 6.07) is 8.58. The van der Waals surface area contributed by atoms with Crippen molar-refractivity contribution in [1.82, 2.24) is 9.80 Å². The van der Waals surface area contributed by atoms with Gasteiger partial charge in [-0.3, -0.25) is 4.90 Å². The van der Waals surface area contributed by atoms with Crippen LogP contribution in [0.4, 0.5) is 0 Å². The monoisotopic (exact) mass is 249 g/mol. The summed E-state index contributed by atoms with van der Waals surface area (Å²) in [5.74, 6) is 1.56. The molecule has 0 spiro atoms. The van der Waals surface area contributed by atoms with E-state index in [1.165, 1.54) is 0 Å². The van der Waals surface area contributed by atoms with E-state index in [4.69, 9.17) is 9.47 Å². The van der Waals surface area contributed by atoms with Crippen LogP contribution >= 0.6 is 0 Å². The second-order valence-electron chi connectivity index (χ2n) is 4.59. The summed E-state index contributed by atoms with van der Waals surface area (Å²) >= 11 is 0. The summed E-state index contributed by atoms with van der Waals surface area (Å²) in [5, 5.41) is 0. The zero-order valence-corrected chi connectivity index (χ0v) is 11.2. The first-order valence-electron chi connectivity index (χ1n) is 6.37. The summed E-state index contributed by atoms with van der Waals surface area (Å²) in [4.78, 5) is 4.79. The van der Waals surface area contributed by atoms with Crippen molar-refractivity contribution in [2.75, 3.05) is 53.5 Å². The predicted molar refractivity (Wildman–Crippen MR) is 71.3 cm³/mol. The van der Waals surface area contributed by atoms with Crippen molar-refractivity contribution in [2.45, 2.75) is 0 Å². The molecule has 0 aromatic heterocycles. The van der Waals surface area contributed by atoms with Gasteiger partial charge in [-0.05, 0) is 19.2 Å². The van der Waals surface area contributed by atoms with E-state index in [1.54, 1.807) is 7.11 Å². The highest BCUT2D eigenvalue weighted by Gasteiger charge is 2.13. The maximum atomic E-state index is 5.72. The van der Waals surface area contributed by atoms with Gasteiger partial charge in [-0.1, -0.05) is 0 Å². The van der Waals surface area contributed by atoms with Crippen molar-refractivity contribution in [2.24, 2.45) is 0 Å². The highest BCUT2D eigenvalue weighted by Crippen LogP contribution is 2.18. The topological polar surface area (TPSA) is 24.9 Å². The molecule has 2 rings (SSSR count). The van der Waals surface area contributed by atoms with Crippen LogP contribution in [0.3, 0.4) is 0 Å². The van der Waals surface area contributed by atoms with Crippen molar-refractivity contribution in [1.29, 1.82) is 0 Å². The molecule has 1 aromatic rings. The molecule has 0 aliphatic carbocycles. The molecule has 1 heterocycles. The number of ether oxygens (including phenoxy) is 2. The van der Waals surface area contributed by atoms with Crippen molar-refractivity contribution in [3.8, 4) is 11.5 Å². The lowest BCUT2D eigenvalue weighted by molar-refractivity contribution is 0.133. The maximum absolute atomic E-state index is 5.72. The Bertz CT molecular complexity index is 363. The van der Waals surface area contributed by atoms with Crippen LogP contribution in [-0.2, 0) is 0 Å². The Hall–Kier alpha value is -1.26. The Morgan fingerprint density at radius 3 is 2.78 bits per heavy atom. The third kappa shape index (κ3) is 3.89. The molecule has 1 saturated heterocycles. The Labute approximate surface area is 109 Å². The second-order valence-corrected chi connectivity index (χ2v) is 4.59. The van der Waals surface area contributed by atoms with Crippen LogP contribution < -0.4 is 9.47 Å². The molecular formula is C14H21N2O2. The maximum Gasteiger partial charge on any atom is 0.130 e. The van der Waals surface area contributed by atoms with Crippen LogP contribution in [-0.4, -0.2) is 63.3 Å². The van der Waals surface area contributed by atoms with Gasteiger partial charge in [-0.2, -0.15) is 0 Å². The third-order valence-electron chi connectivity index (χ3n) is 3.24. The molecule has 0 atom stereocenters. The third-order valence-corrected chi connectivity index (χ3v) is 3.24. The van der Waals surface area contributed by atoms with Crippen LogP contribution in [0.25, 0.3) is 0 Å². The number of hydrogen-bond donors (Lipinski definition) is 0. The first-order valence-corrected chi connectivity index (χ1v) is 6.37. The molecule has 99 valence electrons. The van der Waals surface area contributed by atoms with Crippen molar-refractivity contribution >= 4 is 0 Å². The molecule has 1 aromatic carbocycles. The fourth-order valence-electron chi connectivity index (χ4n) is 2.00. The second kappa shape index (κ2) is 6.61. The molecule has 18 heavy (non-hydrogen) atoms. The molecule has 0 saturated carbocycles. The Balaban J connectivity index is 1.71. The van der Waals surface area contributed by atoms with Gasteiger partial charge in [0.05, 0.1) is 7.11 Å². The molecule has 4 heteroatoms. The lowest BCUT2D eigenvalue weighted by Gasteiger charge is -2.32. The van der Waals surface area contributed by atoms with Gasteiger partial charge in [0, 0.05) is 44.9 Å². The van der Waals surface area contributed by atoms with Gasteiger partial charge in [0.15, 0.2) is 0 Å². The minimum Gasteiger partial charge on any atom is -0.496 e. The number of piperazine rings is 1. The molecule has 0 N–H and O–H groups in total. The SMILES string of the molecule is COc1[c]ccc(OCCN2CCN(C)CC2)c1. The molecule has 0 unspecified atom stereocenters. The average Bonchev–Trinajstić information content (AvgIpc) is 2.41. The Morgan fingerprint density at radius 1 is 1.28 bits per heavy atom. The molecule has 1 aliphatic heterocycles. The molecule has 4 nitrogen and oxygen atoms in total. The average molecular weight is 249 g/mol. The number of benzene rings is 1. The molecule has 0 bridgehead atoms. The summed E-state index contributed by atoms with van der Waals surface area (Å²) in [7, 11) is 3.81. The number of hydrogen-bond acceptors (Lipinski definition) is 4. The zero-order chi connectivity index (χ0) is 12.8. The number of nitrogens with zero attached hydrogens (tertiary/aromatic N) is 2. The number of likely N-dealkylation sites (N-methyl/N-ethyl adjacent to an activating group) is 1. The van der Waals surface area contributed by atoms with E-state index in [0.717, 1.165) is 45.1 Å². The minimum atomic E-state index is 0.715. The molecule has 0 amide bonds. The van der Waals surface area contributed by atoms with Gasteiger partial charge >= 0.3 is 0 Å².